The van der Waals surface area contributed by atoms with Gasteiger partial charge < -0.3 is 14.4 Å². The Kier molecular flexibility index (Phi) is 3.63. The van der Waals surface area contributed by atoms with Gasteiger partial charge in [-0.3, -0.25) is 4.79 Å². The van der Waals surface area contributed by atoms with Crippen LogP contribution in [-0.4, -0.2) is 10.9 Å². The fourth-order valence-electron chi connectivity index (χ4n) is 1.33. The van der Waals surface area contributed by atoms with Crippen molar-refractivity contribution in [2.75, 3.05) is 0 Å². The van der Waals surface area contributed by atoms with Crippen molar-refractivity contribution < 1.29 is 19.1 Å². The van der Waals surface area contributed by atoms with Crippen molar-refractivity contribution >= 4 is 13.4 Å². The maximum absolute atomic E-state index is 11.0. The molecule has 0 bridgehead atoms. The first kappa shape index (κ1) is 11.8. The summed E-state index contributed by atoms with van der Waals surface area (Å²) in [5.74, 6) is -0.555. The van der Waals surface area contributed by atoms with Gasteiger partial charge in [-0.25, -0.2) is 0 Å². The van der Waals surface area contributed by atoms with Crippen LogP contribution in [0.15, 0.2) is 0 Å². The Morgan fingerprint density at radius 2 is 1.67 bits per heavy atom. The first-order valence-corrected chi connectivity index (χ1v) is 5.39. The highest BCUT2D eigenvalue weighted by Gasteiger charge is 2.35. The van der Waals surface area contributed by atoms with Crippen LogP contribution < -0.4 is 9.79 Å². The molecular formula is C7H13O4P-2. The van der Waals surface area contributed by atoms with Crippen LogP contribution in [0.1, 0.15) is 33.6 Å². The predicted molar refractivity (Wildman–Crippen MR) is 41.6 cm³/mol. The third-order valence-corrected chi connectivity index (χ3v) is 4.35. The second-order valence-electron chi connectivity index (χ2n) is 2.79. The number of carbonyl (C=O) groups excluding carboxylic acids is 1. The lowest BCUT2D eigenvalue weighted by Crippen LogP contribution is -2.44. The normalized spacial score (nSPS) is 13.1. The Morgan fingerprint density at radius 3 is 1.67 bits per heavy atom. The lowest BCUT2D eigenvalue weighted by atomic mass is 9.98. The molecule has 4 nitrogen and oxygen atoms in total. The van der Waals surface area contributed by atoms with Gasteiger partial charge >= 0.3 is 0 Å². The molecule has 0 radical (unpaired) electrons. The van der Waals surface area contributed by atoms with Crippen molar-refractivity contribution in [2.24, 2.45) is 0 Å². The second-order valence-corrected chi connectivity index (χ2v) is 4.64. The molecule has 0 N–H and O–H groups in total. The fraction of sp³-hybridized carbons (Fsp3) is 0.857. The fourth-order valence-corrected chi connectivity index (χ4v) is 2.49. The maximum atomic E-state index is 11.0. The minimum Gasteiger partial charge on any atom is -0.810 e. The highest BCUT2D eigenvalue weighted by molar-refractivity contribution is 7.52. The Bertz CT molecular complexity index is 213. The molecule has 0 heterocycles. The van der Waals surface area contributed by atoms with Gasteiger partial charge in [0.1, 0.15) is 5.78 Å². The number of hydrogen-bond donors (Lipinski definition) is 0. The highest BCUT2D eigenvalue weighted by Crippen LogP contribution is 2.47. The Labute approximate surface area is 72.1 Å². The average Bonchev–Trinajstić information content (AvgIpc) is 1.87. The predicted octanol–water partition coefficient (Wildman–Crippen LogP) is 0.0479. The van der Waals surface area contributed by atoms with E-state index < -0.39 is 18.5 Å². The van der Waals surface area contributed by atoms with Gasteiger partial charge in [0.05, 0.1) is 5.16 Å². The van der Waals surface area contributed by atoms with Gasteiger partial charge in [0.25, 0.3) is 0 Å². The molecule has 0 aromatic carbocycles. The summed E-state index contributed by atoms with van der Waals surface area (Å²) in [6.07, 6.45) is 0.117. The first-order valence-electron chi connectivity index (χ1n) is 3.85. The third kappa shape index (κ3) is 1.76. The van der Waals surface area contributed by atoms with Gasteiger partial charge in [-0.05, 0) is 19.8 Å². The van der Waals surface area contributed by atoms with Gasteiger partial charge in [0.15, 0.2) is 0 Å². The lowest BCUT2D eigenvalue weighted by Gasteiger charge is -2.47. The van der Waals surface area contributed by atoms with E-state index >= 15 is 0 Å². The zero-order valence-electron chi connectivity index (χ0n) is 7.49. The van der Waals surface area contributed by atoms with E-state index in [1.165, 1.54) is 13.8 Å². The van der Waals surface area contributed by atoms with E-state index in [-0.39, 0.29) is 12.8 Å². The van der Waals surface area contributed by atoms with Crippen LogP contribution >= 0.6 is 7.60 Å². The Hall–Kier alpha value is -0.180. The second kappa shape index (κ2) is 3.69. The molecule has 0 atom stereocenters. The van der Waals surface area contributed by atoms with Crippen LogP contribution in [0.25, 0.3) is 0 Å². The smallest absolute Gasteiger partial charge is 0.140 e. The molecule has 0 spiro atoms. The molecular weight excluding hydrogens is 179 g/mol. The lowest BCUT2D eigenvalue weighted by molar-refractivity contribution is -0.319. The number of hydrogen-bond acceptors (Lipinski definition) is 4. The molecule has 0 aliphatic rings. The van der Waals surface area contributed by atoms with Crippen LogP contribution in [0.3, 0.4) is 0 Å². The van der Waals surface area contributed by atoms with Gasteiger partial charge in [0.2, 0.25) is 0 Å². The van der Waals surface area contributed by atoms with Crippen LogP contribution in [0.2, 0.25) is 0 Å². The molecule has 0 aliphatic carbocycles. The summed E-state index contributed by atoms with van der Waals surface area (Å²) in [5, 5.41) is -1.67. The number of ketones is 1. The van der Waals surface area contributed by atoms with E-state index in [0.717, 1.165) is 6.92 Å². The van der Waals surface area contributed by atoms with E-state index in [1.807, 2.05) is 0 Å². The molecule has 72 valence electrons. The topological polar surface area (TPSA) is 80.3 Å². The largest absolute Gasteiger partial charge is 0.810 e. The summed E-state index contributed by atoms with van der Waals surface area (Å²) in [7, 11) is -4.81. The minimum atomic E-state index is -4.81. The summed E-state index contributed by atoms with van der Waals surface area (Å²) in [6.45, 7) is 4.22. The Morgan fingerprint density at radius 1 is 1.33 bits per heavy atom. The van der Waals surface area contributed by atoms with Crippen molar-refractivity contribution in [1.29, 1.82) is 0 Å². The van der Waals surface area contributed by atoms with E-state index in [0.29, 0.717) is 0 Å². The van der Waals surface area contributed by atoms with E-state index in [1.54, 1.807) is 0 Å². The quantitative estimate of drug-likeness (QED) is 0.589. The van der Waals surface area contributed by atoms with Gasteiger partial charge in [-0.2, -0.15) is 0 Å². The maximum Gasteiger partial charge on any atom is 0.140 e. The van der Waals surface area contributed by atoms with Crippen molar-refractivity contribution in [3.05, 3.63) is 0 Å². The van der Waals surface area contributed by atoms with E-state index in [9.17, 15) is 19.1 Å². The molecule has 0 rings (SSSR count). The molecule has 0 unspecified atom stereocenters. The zero-order chi connectivity index (χ0) is 9.99. The number of carbonyl (C=O) groups is 1. The number of Topliss-reactive ketones (excluding diaryl/α,β-unsaturated/α-hetero) is 1. The molecule has 0 saturated carbocycles. The van der Waals surface area contributed by atoms with E-state index in [2.05, 4.69) is 0 Å². The van der Waals surface area contributed by atoms with Crippen molar-refractivity contribution in [1.82, 2.24) is 0 Å². The van der Waals surface area contributed by atoms with Crippen LogP contribution in [-0.2, 0) is 9.36 Å². The third-order valence-electron chi connectivity index (χ3n) is 2.35. The van der Waals surface area contributed by atoms with Crippen LogP contribution in [0.4, 0.5) is 0 Å². The summed E-state index contributed by atoms with van der Waals surface area (Å²) in [5.41, 5.74) is 0. The molecule has 5 heteroatoms. The van der Waals surface area contributed by atoms with Crippen LogP contribution in [0.5, 0.6) is 0 Å². The zero-order valence-corrected chi connectivity index (χ0v) is 8.39. The summed E-state index contributed by atoms with van der Waals surface area (Å²) >= 11 is 0. The van der Waals surface area contributed by atoms with Crippen molar-refractivity contribution in [2.45, 2.75) is 38.8 Å². The molecule has 0 saturated heterocycles. The highest BCUT2D eigenvalue weighted by atomic mass is 31.2. The van der Waals surface area contributed by atoms with Gasteiger partial charge in [-0.1, -0.05) is 21.4 Å². The average molecular weight is 192 g/mol. The van der Waals surface area contributed by atoms with Gasteiger partial charge in [-0.15, -0.1) is 0 Å². The minimum absolute atomic E-state index is 0.0586. The van der Waals surface area contributed by atoms with Crippen LogP contribution in [0, 0.1) is 0 Å². The Balaban J connectivity index is 5.12. The monoisotopic (exact) mass is 192 g/mol. The molecule has 0 fully saturated rings. The molecule has 0 aliphatic heterocycles. The molecule has 0 aromatic rings. The molecule has 0 amide bonds. The molecule has 0 aromatic heterocycles. The first-order chi connectivity index (χ1) is 5.31. The summed E-state index contributed by atoms with van der Waals surface area (Å²) in [4.78, 5) is 32.6. The standard InChI is InChI=1S/C7H15O4P/c1-4-7(5-2,6(3)8)12(9,10)11/h4-5H2,1-3H3,(H2,9,10,11)/p-2. The summed E-state index contributed by atoms with van der Waals surface area (Å²) in [6, 6.07) is 0. The molecule has 12 heavy (non-hydrogen) atoms. The SMILES string of the molecule is CCC(CC)(C(C)=O)P(=O)([O-])[O-]. The van der Waals surface area contributed by atoms with Crippen molar-refractivity contribution in [3.8, 4) is 0 Å². The number of rotatable bonds is 4. The van der Waals surface area contributed by atoms with Gasteiger partial charge in [0, 0.05) is 0 Å². The van der Waals surface area contributed by atoms with Crippen molar-refractivity contribution in [3.63, 3.8) is 0 Å². The summed E-state index contributed by atoms with van der Waals surface area (Å²) < 4.78 is 10.8. The van der Waals surface area contributed by atoms with E-state index in [4.69, 9.17) is 0 Å².